The number of ether oxygens (including phenoxy) is 1. The van der Waals surface area contributed by atoms with Crippen LogP contribution < -0.4 is 15.4 Å². The van der Waals surface area contributed by atoms with Crippen LogP contribution in [0.5, 0.6) is 5.75 Å². The molecule has 0 aliphatic heterocycles. The summed E-state index contributed by atoms with van der Waals surface area (Å²) in [5, 5.41) is 6.63. The molecule has 2 aromatic rings. The topological polar surface area (TPSA) is 46.2 Å². The van der Waals surface area contributed by atoms with Gasteiger partial charge in [-0.3, -0.25) is 0 Å². The molecule has 4 nitrogen and oxygen atoms in total. The fraction of sp³-hybridized carbons (Fsp3) is 0.267. The van der Waals surface area contributed by atoms with E-state index in [1.165, 1.54) is 0 Å². The van der Waals surface area contributed by atoms with Crippen LogP contribution in [0.1, 0.15) is 13.3 Å². The molecule has 2 N–H and O–H groups in total. The minimum atomic E-state index is 0.814. The molecule has 1 aromatic carbocycles. The van der Waals surface area contributed by atoms with Gasteiger partial charge in [-0.2, -0.15) is 0 Å². The van der Waals surface area contributed by atoms with Crippen LogP contribution in [0.25, 0.3) is 0 Å². The van der Waals surface area contributed by atoms with E-state index < -0.39 is 0 Å². The molecule has 0 fully saturated rings. The van der Waals surface area contributed by atoms with Crippen molar-refractivity contribution in [2.24, 2.45) is 0 Å². The molecule has 20 heavy (non-hydrogen) atoms. The van der Waals surface area contributed by atoms with Crippen molar-refractivity contribution in [3.05, 3.63) is 41.0 Å². The number of anilines is 3. The zero-order valence-corrected chi connectivity index (χ0v) is 13.2. The number of benzene rings is 1. The Hall–Kier alpha value is -1.75. The summed E-state index contributed by atoms with van der Waals surface area (Å²) in [6.07, 6.45) is 2.86. The summed E-state index contributed by atoms with van der Waals surface area (Å²) >= 11 is 3.53. The Morgan fingerprint density at radius 1 is 1.25 bits per heavy atom. The zero-order valence-electron chi connectivity index (χ0n) is 11.6. The van der Waals surface area contributed by atoms with Crippen molar-refractivity contribution >= 4 is 33.1 Å². The van der Waals surface area contributed by atoms with Crippen LogP contribution in [-0.4, -0.2) is 18.6 Å². The summed E-state index contributed by atoms with van der Waals surface area (Å²) in [6, 6.07) is 9.74. The number of halogens is 1. The number of methoxy groups -OCH3 is 1. The predicted octanol–water partition coefficient (Wildman–Crippen LogP) is 4.42. The van der Waals surface area contributed by atoms with Gasteiger partial charge in [0.05, 0.1) is 12.8 Å². The first-order valence-corrected chi connectivity index (χ1v) is 7.32. The van der Waals surface area contributed by atoms with E-state index in [1.54, 1.807) is 13.3 Å². The van der Waals surface area contributed by atoms with Crippen molar-refractivity contribution in [3.63, 3.8) is 0 Å². The molecule has 0 bridgehead atoms. The highest BCUT2D eigenvalue weighted by atomic mass is 79.9. The standard InChI is InChI=1S/C15H18BrN3O/c1-3-7-17-15-9-11(6-8-18-15)19-14-10-12(20-2)4-5-13(14)16/h4-6,8-10H,3,7H2,1-2H3,(H2,17,18,19). The lowest BCUT2D eigenvalue weighted by molar-refractivity contribution is 0.415. The third-order valence-corrected chi connectivity index (χ3v) is 3.46. The van der Waals surface area contributed by atoms with Crippen molar-refractivity contribution in [1.29, 1.82) is 0 Å². The third kappa shape index (κ3) is 3.87. The van der Waals surface area contributed by atoms with Crippen molar-refractivity contribution in [3.8, 4) is 5.75 Å². The summed E-state index contributed by atoms with van der Waals surface area (Å²) < 4.78 is 6.22. The number of hydrogen-bond donors (Lipinski definition) is 2. The molecule has 0 unspecified atom stereocenters. The second-order valence-corrected chi connectivity index (χ2v) is 5.18. The van der Waals surface area contributed by atoms with E-state index >= 15 is 0 Å². The molecule has 1 heterocycles. The number of pyridine rings is 1. The van der Waals surface area contributed by atoms with Gasteiger partial charge in [-0.15, -0.1) is 0 Å². The van der Waals surface area contributed by atoms with E-state index in [-0.39, 0.29) is 0 Å². The minimum absolute atomic E-state index is 0.814. The lowest BCUT2D eigenvalue weighted by Gasteiger charge is -2.11. The highest BCUT2D eigenvalue weighted by Gasteiger charge is 2.03. The normalized spacial score (nSPS) is 10.2. The Balaban J connectivity index is 2.17. The van der Waals surface area contributed by atoms with E-state index in [2.05, 4.69) is 38.5 Å². The van der Waals surface area contributed by atoms with Crippen molar-refractivity contribution in [2.75, 3.05) is 24.3 Å². The lowest BCUT2D eigenvalue weighted by Crippen LogP contribution is -2.02. The number of nitrogens with one attached hydrogen (secondary N) is 2. The van der Waals surface area contributed by atoms with Gasteiger partial charge in [0, 0.05) is 35.0 Å². The van der Waals surface area contributed by atoms with Crippen LogP contribution in [0.15, 0.2) is 41.0 Å². The Kier molecular flexibility index (Phi) is 5.24. The molecular weight excluding hydrogens is 318 g/mol. The van der Waals surface area contributed by atoms with E-state index in [1.807, 2.05) is 30.3 Å². The molecule has 0 amide bonds. The average Bonchev–Trinajstić information content (AvgIpc) is 2.48. The Morgan fingerprint density at radius 2 is 2.10 bits per heavy atom. The van der Waals surface area contributed by atoms with Gasteiger partial charge in [-0.1, -0.05) is 6.92 Å². The van der Waals surface area contributed by atoms with E-state index in [0.29, 0.717) is 0 Å². The van der Waals surface area contributed by atoms with Crippen LogP contribution >= 0.6 is 15.9 Å². The van der Waals surface area contributed by atoms with Crippen LogP contribution in [0, 0.1) is 0 Å². The minimum Gasteiger partial charge on any atom is -0.497 e. The molecule has 0 saturated carbocycles. The van der Waals surface area contributed by atoms with Gasteiger partial charge < -0.3 is 15.4 Å². The van der Waals surface area contributed by atoms with Gasteiger partial charge in [0.1, 0.15) is 11.6 Å². The number of rotatable bonds is 6. The van der Waals surface area contributed by atoms with Gasteiger partial charge in [0.25, 0.3) is 0 Å². The van der Waals surface area contributed by atoms with Crippen molar-refractivity contribution in [1.82, 2.24) is 4.98 Å². The molecule has 0 saturated heterocycles. The van der Waals surface area contributed by atoms with Gasteiger partial charge >= 0.3 is 0 Å². The summed E-state index contributed by atoms with van der Waals surface area (Å²) in [4.78, 5) is 4.29. The molecule has 5 heteroatoms. The SMILES string of the molecule is CCCNc1cc(Nc2cc(OC)ccc2Br)ccn1. The molecule has 2 rings (SSSR count). The largest absolute Gasteiger partial charge is 0.497 e. The lowest BCUT2D eigenvalue weighted by atomic mass is 10.3. The molecule has 0 radical (unpaired) electrons. The number of nitrogens with zero attached hydrogens (tertiary/aromatic N) is 1. The molecule has 1 aromatic heterocycles. The molecule has 0 spiro atoms. The molecule has 106 valence electrons. The maximum Gasteiger partial charge on any atom is 0.127 e. The molecule has 0 atom stereocenters. The fourth-order valence-corrected chi connectivity index (χ4v) is 2.09. The number of aromatic nitrogens is 1. The molecular formula is C15H18BrN3O. The quantitative estimate of drug-likeness (QED) is 0.820. The smallest absolute Gasteiger partial charge is 0.127 e. The summed E-state index contributed by atoms with van der Waals surface area (Å²) in [5.74, 6) is 1.69. The first-order chi connectivity index (χ1) is 9.72. The maximum absolute atomic E-state index is 5.24. The Morgan fingerprint density at radius 3 is 2.85 bits per heavy atom. The van der Waals surface area contributed by atoms with E-state index in [9.17, 15) is 0 Å². The summed E-state index contributed by atoms with van der Waals surface area (Å²) in [5.41, 5.74) is 1.93. The van der Waals surface area contributed by atoms with Crippen molar-refractivity contribution in [2.45, 2.75) is 13.3 Å². The second-order valence-electron chi connectivity index (χ2n) is 4.33. The monoisotopic (exact) mass is 335 g/mol. The second kappa shape index (κ2) is 7.14. The third-order valence-electron chi connectivity index (χ3n) is 2.77. The highest BCUT2D eigenvalue weighted by Crippen LogP contribution is 2.30. The molecule has 0 aliphatic carbocycles. The van der Waals surface area contributed by atoms with Gasteiger partial charge in [0.2, 0.25) is 0 Å². The van der Waals surface area contributed by atoms with Crippen LogP contribution in [0.3, 0.4) is 0 Å². The highest BCUT2D eigenvalue weighted by molar-refractivity contribution is 9.10. The van der Waals surface area contributed by atoms with Crippen molar-refractivity contribution < 1.29 is 4.74 Å². The maximum atomic E-state index is 5.24. The first kappa shape index (κ1) is 14.7. The summed E-state index contributed by atoms with van der Waals surface area (Å²) in [7, 11) is 1.66. The van der Waals surface area contributed by atoms with Crippen LogP contribution in [-0.2, 0) is 0 Å². The average molecular weight is 336 g/mol. The summed E-state index contributed by atoms with van der Waals surface area (Å²) in [6.45, 7) is 3.04. The first-order valence-electron chi connectivity index (χ1n) is 6.53. The Labute approximate surface area is 127 Å². The van der Waals surface area contributed by atoms with Gasteiger partial charge in [-0.25, -0.2) is 4.98 Å². The van der Waals surface area contributed by atoms with Gasteiger partial charge in [0.15, 0.2) is 0 Å². The zero-order chi connectivity index (χ0) is 14.4. The molecule has 0 aliphatic rings. The van der Waals surface area contributed by atoms with Crippen LogP contribution in [0.4, 0.5) is 17.2 Å². The van der Waals surface area contributed by atoms with Crippen LogP contribution in [0.2, 0.25) is 0 Å². The van der Waals surface area contributed by atoms with E-state index in [0.717, 1.165) is 40.4 Å². The van der Waals surface area contributed by atoms with Gasteiger partial charge in [-0.05, 0) is 40.5 Å². The Bertz CT molecular complexity index is 575. The van der Waals surface area contributed by atoms with E-state index in [4.69, 9.17) is 4.74 Å². The fourth-order valence-electron chi connectivity index (χ4n) is 1.74. The predicted molar refractivity (Wildman–Crippen MR) is 87.0 cm³/mol. The number of hydrogen-bond acceptors (Lipinski definition) is 4.